The lowest BCUT2D eigenvalue weighted by molar-refractivity contribution is -0.386. The summed E-state index contributed by atoms with van der Waals surface area (Å²) >= 11 is 0. The standard InChI is InChI=1S/C27H27N3O8/c1-4-15-36-21-12-10-20(11-13-21)27(32)38-24-14-9-19(16-25(24)35-3)17-28-29-26(31)18(2)37-23-8-6-5-7-22(23)30(33)34/h5-14,16-18H,4,15H2,1-3H3,(H,29,31). The van der Waals surface area contributed by atoms with E-state index in [4.69, 9.17) is 18.9 Å². The predicted octanol–water partition coefficient (Wildman–Crippen LogP) is 4.53. The molecule has 0 bridgehead atoms. The van der Waals surface area contributed by atoms with Crippen LogP contribution in [0.15, 0.2) is 71.8 Å². The molecule has 0 aromatic heterocycles. The molecule has 38 heavy (non-hydrogen) atoms. The highest BCUT2D eigenvalue weighted by Gasteiger charge is 2.20. The highest BCUT2D eigenvalue weighted by atomic mass is 16.6. The van der Waals surface area contributed by atoms with Gasteiger partial charge in [0.15, 0.2) is 23.4 Å². The van der Waals surface area contributed by atoms with E-state index >= 15 is 0 Å². The van der Waals surface area contributed by atoms with Crippen LogP contribution in [0.1, 0.15) is 36.2 Å². The van der Waals surface area contributed by atoms with Crippen molar-refractivity contribution in [1.29, 1.82) is 0 Å². The molecule has 0 heterocycles. The Balaban J connectivity index is 1.59. The Kier molecular flexibility index (Phi) is 9.75. The first-order valence-corrected chi connectivity index (χ1v) is 11.7. The van der Waals surface area contributed by atoms with E-state index in [9.17, 15) is 19.7 Å². The summed E-state index contributed by atoms with van der Waals surface area (Å²) in [5.41, 5.74) is 2.97. The van der Waals surface area contributed by atoms with Crippen LogP contribution in [-0.2, 0) is 4.79 Å². The molecule has 1 atom stereocenters. The summed E-state index contributed by atoms with van der Waals surface area (Å²) in [7, 11) is 1.43. The Morgan fingerprint density at radius 1 is 1.05 bits per heavy atom. The summed E-state index contributed by atoms with van der Waals surface area (Å²) in [6.45, 7) is 4.04. The smallest absolute Gasteiger partial charge is 0.343 e. The summed E-state index contributed by atoms with van der Waals surface area (Å²) in [6, 6.07) is 17.1. The van der Waals surface area contributed by atoms with E-state index in [1.165, 1.54) is 38.4 Å². The number of nitrogens with one attached hydrogen (secondary N) is 1. The van der Waals surface area contributed by atoms with E-state index in [0.29, 0.717) is 23.5 Å². The van der Waals surface area contributed by atoms with Crippen LogP contribution in [0.3, 0.4) is 0 Å². The van der Waals surface area contributed by atoms with Gasteiger partial charge in [0.25, 0.3) is 5.91 Å². The van der Waals surface area contributed by atoms with Crippen molar-refractivity contribution in [3.05, 3.63) is 88.0 Å². The Hall–Kier alpha value is -4.93. The number of amides is 1. The Morgan fingerprint density at radius 3 is 2.47 bits per heavy atom. The zero-order valence-electron chi connectivity index (χ0n) is 21.1. The molecule has 0 aliphatic rings. The number of nitro groups is 1. The molecule has 0 saturated carbocycles. The topological polar surface area (TPSA) is 139 Å². The van der Waals surface area contributed by atoms with Gasteiger partial charge in [0.2, 0.25) is 0 Å². The number of nitrogens with zero attached hydrogens (tertiary/aromatic N) is 2. The van der Waals surface area contributed by atoms with Crippen molar-refractivity contribution >= 4 is 23.8 Å². The lowest BCUT2D eigenvalue weighted by atomic mass is 10.2. The van der Waals surface area contributed by atoms with E-state index in [0.717, 1.165) is 6.42 Å². The average Bonchev–Trinajstić information content (AvgIpc) is 2.92. The third kappa shape index (κ3) is 7.53. The predicted molar refractivity (Wildman–Crippen MR) is 139 cm³/mol. The normalized spacial score (nSPS) is 11.4. The molecule has 3 aromatic rings. The molecule has 0 saturated heterocycles. The highest BCUT2D eigenvalue weighted by Crippen LogP contribution is 2.29. The van der Waals surface area contributed by atoms with Crippen molar-refractivity contribution in [2.24, 2.45) is 5.10 Å². The Bertz CT molecular complexity index is 1310. The van der Waals surface area contributed by atoms with Crippen molar-refractivity contribution in [3.8, 4) is 23.0 Å². The molecule has 1 amide bonds. The summed E-state index contributed by atoms with van der Waals surface area (Å²) in [5, 5.41) is 15.0. The number of esters is 1. The summed E-state index contributed by atoms with van der Waals surface area (Å²) in [4.78, 5) is 35.4. The number of hydrogen-bond acceptors (Lipinski definition) is 9. The monoisotopic (exact) mass is 521 g/mol. The van der Waals surface area contributed by atoms with Crippen molar-refractivity contribution in [1.82, 2.24) is 5.43 Å². The van der Waals surface area contributed by atoms with Crippen molar-refractivity contribution in [2.45, 2.75) is 26.4 Å². The highest BCUT2D eigenvalue weighted by molar-refractivity contribution is 5.92. The summed E-state index contributed by atoms with van der Waals surface area (Å²) < 4.78 is 21.7. The third-order valence-corrected chi connectivity index (χ3v) is 5.08. The fourth-order valence-electron chi connectivity index (χ4n) is 3.13. The fourth-order valence-corrected chi connectivity index (χ4v) is 3.13. The van der Waals surface area contributed by atoms with Gasteiger partial charge < -0.3 is 18.9 Å². The van der Waals surface area contributed by atoms with Gasteiger partial charge in [-0.15, -0.1) is 0 Å². The maximum absolute atomic E-state index is 12.6. The van der Waals surface area contributed by atoms with Crippen LogP contribution in [0, 0.1) is 10.1 Å². The zero-order valence-corrected chi connectivity index (χ0v) is 21.1. The van der Waals surface area contributed by atoms with E-state index in [1.807, 2.05) is 6.92 Å². The summed E-state index contributed by atoms with van der Waals surface area (Å²) in [6.07, 6.45) is 1.20. The fraction of sp³-hybridized carbons (Fsp3) is 0.222. The molecule has 11 heteroatoms. The number of para-hydroxylation sites is 2. The van der Waals surface area contributed by atoms with Gasteiger partial charge in [-0.1, -0.05) is 19.1 Å². The molecule has 0 aliphatic carbocycles. The first-order chi connectivity index (χ1) is 18.3. The van der Waals surface area contributed by atoms with Crippen molar-refractivity contribution in [2.75, 3.05) is 13.7 Å². The van der Waals surface area contributed by atoms with Gasteiger partial charge in [-0.2, -0.15) is 5.10 Å². The van der Waals surface area contributed by atoms with Crippen LogP contribution in [-0.4, -0.2) is 42.8 Å². The van der Waals surface area contributed by atoms with Gasteiger partial charge in [-0.3, -0.25) is 14.9 Å². The molecule has 0 radical (unpaired) electrons. The summed E-state index contributed by atoms with van der Waals surface area (Å²) in [5.74, 6) is -0.0467. The SMILES string of the molecule is CCCOc1ccc(C(=O)Oc2ccc(C=NNC(=O)C(C)Oc3ccccc3[N+](=O)[O-])cc2OC)cc1. The second-order valence-corrected chi connectivity index (χ2v) is 7.89. The van der Waals surface area contributed by atoms with Gasteiger partial charge >= 0.3 is 11.7 Å². The third-order valence-electron chi connectivity index (χ3n) is 5.08. The number of benzene rings is 3. The molecule has 0 spiro atoms. The molecule has 3 aromatic carbocycles. The lowest BCUT2D eigenvalue weighted by Gasteiger charge is -2.13. The number of hydrazone groups is 1. The van der Waals surface area contributed by atoms with E-state index in [-0.39, 0.29) is 22.9 Å². The lowest BCUT2D eigenvalue weighted by Crippen LogP contribution is -2.33. The van der Waals surface area contributed by atoms with Crippen LogP contribution in [0.2, 0.25) is 0 Å². The van der Waals surface area contributed by atoms with Gasteiger partial charge in [-0.05, 0) is 67.4 Å². The number of carbonyl (C=O) groups is 2. The zero-order chi connectivity index (χ0) is 27.5. The van der Waals surface area contributed by atoms with Crippen LogP contribution in [0.4, 0.5) is 5.69 Å². The van der Waals surface area contributed by atoms with Gasteiger partial charge in [0.1, 0.15) is 5.75 Å². The first-order valence-electron chi connectivity index (χ1n) is 11.7. The van der Waals surface area contributed by atoms with Gasteiger partial charge in [-0.25, -0.2) is 10.2 Å². The van der Waals surface area contributed by atoms with Crippen molar-refractivity contribution in [3.63, 3.8) is 0 Å². The maximum Gasteiger partial charge on any atom is 0.343 e. The molecular formula is C27H27N3O8. The van der Waals surface area contributed by atoms with E-state index < -0.39 is 22.9 Å². The Morgan fingerprint density at radius 2 is 1.79 bits per heavy atom. The van der Waals surface area contributed by atoms with Crippen LogP contribution >= 0.6 is 0 Å². The molecule has 1 N–H and O–H groups in total. The number of carbonyl (C=O) groups excluding carboxylic acids is 2. The molecular weight excluding hydrogens is 494 g/mol. The number of rotatable bonds is 12. The number of hydrogen-bond donors (Lipinski definition) is 1. The second-order valence-electron chi connectivity index (χ2n) is 7.89. The number of nitro benzene ring substituents is 1. The number of ether oxygens (including phenoxy) is 4. The average molecular weight is 522 g/mol. The number of methoxy groups -OCH3 is 1. The van der Waals surface area contributed by atoms with E-state index in [1.54, 1.807) is 48.5 Å². The van der Waals surface area contributed by atoms with Gasteiger partial charge in [0, 0.05) is 6.07 Å². The molecule has 1 unspecified atom stereocenters. The van der Waals surface area contributed by atoms with Crippen LogP contribution < -0.4 is 24.4 Å². The maximum atomic E-state index is 12.6. The van der Waals surface area contributed by atoms with Crippen LogP contribution in [0.5, 0.6) is 23.0 Å². The quantitative estimate of drug-likeness (QED) is 0.121. The minimum atomic E-state index is -1.04. The molecule has 11 nitrogen and oxygen atoms in total. The first kappa shape index (κ1) is 27.7. The van der Waals surface area contributed by atoms with Crippen molar-refractivity contribution < 1.29 is 33.5 Å². The van der Waals surface area contributed by atoms with Gasteiger partial charge in [0.05, 0.1) is 30.4 Å². The second kappa shape index (κ2) is 13.4. The Labute approximate surface area is 219 Å². The van der Waals surface area contributed by atoms with E-state index in [2.05, 4.69) is 10.5 Å². The largest absolute Gasteiger partial charge is 0.494 e. The molecule has 0 fully saturated rings. The van der Waals surface area contributed by atoms with Crippen LogP contribution in [0.25, 0.3) is 0 Å². The molecule has 198 valence electrons. The molecule has 3 rings (SSSR count). The minimum Gasteiger partial charge on any atom is -0.494 e. The minimum absolute atomic E-state index is 0.0280. The molecule has 0 aliphatic heterocycles.